The molecular formula is C22H21N3O5. The number of rotatable bonds is 8. The van der Waals surface area contributed by atoms with Crippen molar-refractivity contribution in [1.82, 2.24) is 5.32 Å². The van der Waals surface area contributed by atoms with Crippen molar-refractivity contribution in [3.63, 3.8) is 0 Å². The lowest BCUT2D eigenvalue weighted by Gasteiger charge is -2.10. The quantitative estimate of drug-likeness (QED) is 0.310. The number of hydrogen-bond acceptors (Lipinski definition) is 6. The molecule has 1 atom stereocenters. The molecule has 0 saturated carbocycles. The van der Waals surface area contributed by atoms with Gasteiger partial charge in [-0.1, -0.05) is 12.1 Å². The summed E-state index contributed by atoms with van der Waals surface area (Å²) in [7, 11) is 0. The lowest BCUT2D eigenvalue weighted by Crippen LogP contribution is -2.32. The Morgan fingerprint density at radius 2 is 2.00 bits per heavy atom. The van der Waals surface area contributed by atoms with Gasteiger partial charge in [-0.15, -0.1) is 0 Å². The van der Waals surface area contributed by atoms with Gasteiger partial charge in [0.25, 0.3) is 11.6 Å². The largest absolute Gasteiger partial charge is 0.489 e. The minimum absolute atomic E-state index is 0.0149. The van der Waals surface area contributed by atoms with Gasteiger partial charge < -0.3 is 14.8 Å². The molecule has 1 aliphatic rings. The highest BCUT2D eigenvalue weighted by Crippen LogP contribution is 2.18. The van der Waals surface area contributed by atoms with Gasteiger partial charge in [0.1, 0.15) is 24.0 Å². The third-order valence-corrected chi connectivity index (χ3v) is 4.62. The Morgan fingerprint density at radius 1 is 1.27 bits per heavy atom. The number of benzene rings is 2. The zero-order valence-electron chi connectivity index (χ0n) is 16.2. The van der Waals surface area contributed by atoms with Crippen molar-refractivity contribution in [1.29, 1.82) is 5.26 Å². The minimum atomic E-state index is -0.449. The summed E-state index contributed by atoms with van der Waals surface area (Å²) in [6, 6.07) is 15.0. The van der Waals surface area contributed by atoms with Crippen LogP contribution in [0.25, 0.3) is 6.08 Å². The van der Waals surface area contributed by atoms with E-state index in [1.165, 1.54) is 18.2 Å². The molecule has 0 radical (unpaired) electrons. The van der Waals surface area contributed by atoms with Crippen molar-refractivity contribution in [2.45, 2.75) is 25.6 Å². The van der Waals surface area contributed by atoms with Gasteiger partial charge in [-0.25, -0.2) is 0 Å². The van der Waals surface area contributed by atoms with Crippen LogP contribution in [0.15, 0.2) is 54.1 Å². The molecule has 3 rings (SSSR count). The van der Waals surface area contributed by atoms with Gasteiger partial charge >= 0.3 is 0 Å². The van der Waals surface area contributed by atoms with E-state index in [0.717, 1.165) is 18.4 Å². The number of carbonyl (C=O) groups is 1. The third-order valence-electron chi connectivity index (χ3n) is 4.62. The van der Waals surface area contributed by atoms with Crippen LogP contribution in [0.1, 0.15) is 24.0 Å². The lowest BCUT2D eigenvalue weighted by molar-refractivity contribution is -0.384. The van der Waals surface area contributed by atoms with Crippen LogP contribution in [0.5, 0.6) is 5.75 Å². The van der Waals surface area contributed by atoms with Crippen LogP contribution in [0.4, 0.5) is 5.69 Å². The number of nitro benzene ring substituents is 1. The highest BCUT2D eigenvalue weighted by molar-refractivity contribution is 6.01. The van der Waals surface area contributed by atoms with Gasteiger partial charge in [0.2, 0.25) is 0 Å². The van der Waals surface area contributed by atoms with E-state index in [-0.39, 0.29) is 24.0 Å². The fraction of sp³-hybridized carbons (Fsp3) is 0.273. The van der Waals surface area contributed by atoms with E-state index in [1.807, 2.05) is 6.07 Å². The Labute approximate surface area is 173 Å². The number of carbonyl (C=O) groups excluding carboxylic acids is 1. The Morgan fingerprint density at radius 3 is 2.60 bits per heavy atom. The van der Waals surface area contributed by atoms with E-state index in [0.29, 0.717) is 24.5 Å². The molecule has 1 saturated heterocycles. The van der Waals surface area contributed by atoms with E-state index in [9.17, 15) is 20.2 Å². The molecule has 1 N–H and O–H groups in total. The van der Waals surface area contributed by atoms with Crippen LogP contribution in [-0.2, 0) is 16.1 Å². The monoisotopic (exact) mass is 407 g/mol. The van der Waals surface area contributed by atoms with Crippen LogP contribution >= 0.6 is 0 Å². The van der Waals surface area contributed by atoms with Gasteiger partial charge in [-0.3, -0.25) is 14.9 Å². The summed E-state index contributed by atoms with van der Waals surface area (Å²) in [5.41, 5.74) is 1.55. The van der Waals surface area contributed by atoms with Gasteiger partial charge in [0.15, 0.2) is 0 Å². The Bertz CT molecular complexity index is 956. The molecule has 0 spiro atoms. The minimum Gasteiger partial charge on any atom is -0.489 e. The lowest BCUT2D eigenvalue weighted by atomic mass is 10.1. The average Bonchev–Trinajstić information content (AvgIpc) is 3.29. The number of amides is 1. The van der Waals surface area contributed by atoms with Crippen LogP contribution < -0.4 is 10.1 Å². The zero-order chi connectivity index (χ0) is 21.3. The molecule has 0 unspecified atom stereocenters. The van der Waals surface area contributed by atoms with Crippen molar-refractivity contribution >= 4 is 17.7 Å². The molecule has 154 valence electrons. The SMILES string of the molecule is N#C/C(=C/c1ccc(OCc2ccc([N+](=O)[O-])cc2)cc1)C(=O)NC[C@H]1CCCO1. The first kappa shape index (κ1) is 21.0. The second kappa shape index (κ2) is 10.2. The van der Waals surface area contributed by atoms with Crippen molar-refractivity contribution in [3.05, 3.63) is 75.3 Å². The van der Waals surface area contributed by atoms with Crippen LogP contribution in [0, 0.1) is 21.4 Å². The molecule has 8 heteroatoms. The number of ether oxygens (including phenoxy) is 2. The topological polar surface area (TPSA) is 114 Å². The Hall–Kier alpha value is -3.70. The maximum atomic E-state index is 12.2. The molecule has 0 aromatic heterocycles. The number of nitro groups is 1. The number of nitriles is 1. The molecule has 1 amide bonds. The summed E-state index contributed by atoms with van der Waals surface area (Å²) in [6.07, 6.45) is 3.43. The van der Waals surface area contributed by atoms with E-state index >= 15 is 0 Å². The normalized spacial score (nSPS) is 16.0. The fourth-order valence-corrected chi connectivity index (χ4v) is 2.96. The number of nitrogens with zero attached hydrogens (tertiary/aromatic N) is 2. The summed E-state index contributed by atoms with van der Waals surface area (Å²) in [4.78, 5) is 22.4. The van der Waals surface area contributed by atoms with Crippen molar-refractivity contribution < 1.29 is 19.2 Å². The molecule has 30 heavy (non-hydrogen) atoms. The molecule has 1 aliphatic heterocycles. The Kier molecular flexibility index (Phi) is 7.14. The van der Waals surface area contributed by atoms with Crippen molar-refractivity contribution in [3.8, 4) is 11.8 Å². The molecule has 8 nitrogen and oxygen atoms in total. The molecule has 1 fully saturated rings. The van der Waals surface area contributed by atoms with Crippen LogP contribution in [0.3, 0.4) is 0 Å². The molecule has 0 bridgehead atoms. The summed E-state index contributed by atoms with van der Waals surface area (Å²) in [5, 5.41) is 22.7. The first-order valence-electron chi connectivity index (χ1n) is 9.53. The summed E-state index contributed by atoms with van der Waals surface area (Å²) < 4.78 is 11.1. The van der Waals surface area contributed by atoms with Crippen molar-refractivity contribution in [2.75, 3.05) is 13.2 Å². The van der Waals surface area contributed by atoms with Gasteiger partial charge in [0.05, 0.1) is 11.0 Å². The molecule has 1 heterocycles. The van der Waals surface area contributed by atoms with E-state index in [1.54, 1.807) is 36.4 Å². The van der Waals surface area contributed by atoms with E-state index < -0.39 is 10.8 Å². The van der Waals surface area contributed by atoms with Crippen molar-refractivity contribution in [2.24, 2.45) is 0 Å². The number of nitrogens with one attached hydrogen (secondary N) is 1. The van der Waals surface area contributed by atoms with E-state index in [4.69, 9.17) is 9.47 Å². The van der Waals surface area contributed by atoms with Gasteiger partial charge in [-0.2, -0.15) is 5.26 Å². The molecule has 0 aliphatic carbocycles. The first-order chi connectivity index (χ1) is 14.5. The van der Waals surface area contributed by atoms with Gasteiger partial charge in [-0.05, 0) is 54.3 Å². The first-order valence-corrected chi connectivity index (χ1v) is 9.53. The smallest absolute Gasteiger partial charge is 0.269 e. The van der Waals surface area contributed by atoms with Crippen LogP contribution in [0.2, 0.25) is 0 Å². The second-order valence-electron chi connectivity index (χ2n) is 6.80. The standard InChI is InChI=1S/C22H21N3O5/c23-13-18(22(26)24-14-21-2-1-11-29-21)12-16-5-9-20(10-6-16)30-15-17-3-7-19(8-4-17)25(27)28/h3-10,12,21H,1-2,11,14-15H2,(H,24,26)/b18-12-/t21-/m1/s1. The van der Waals surface area contributed by atoms with Gasteiger partial charge in [0, 0.05) is 25.3 Å². The maximum Gasteiger partial charge on any atom is 0.269 e. The molecular weight excluding hydrogens is 386 g/mol. The predicted molar refractivity (Wildman–Crippen MR) is 109 cm³/mol. The zero-order valence-corrected chi connectivity index (χ0v) is 16.2. The maximum absolute atomic E-state index is 12.2. The predicted octanol–water partition coefficient (Wildman–Crippen LogP) is 3.38. The molecule has 2 aromatic rings. The number of hydrogen-bond donors (Lipinski definition) is 1. The Balaban J connectivity index is 1.54. The highest BCUT2D eigenvalue weighted by atomic mass is 16.6. The highest BCUT2D eigenvalue weighted by Gasteiger charge is 2.17. The molecule has 2 aromatic carbocycles. The number of non-ortho nitro benzene ring substituents is 1. The fourth-order valence-electron chi connectivity index (χ4n) is 2.96. The second-order valence-corrected chi connectivity index (χ2v) is 6.80. The van der Waals surface area contributed by atoms with E-state index in [2.05, 4.69) is 5.32 Å². The van der Waals surface area contributed by atoms with Crippen LogP contribution in [-0.4, -0.2) is 30.1 Å². The average molecular weight is 407 g/mol. The summed E-state index contributed by atoms with van der Waals surface area (Å²) in [6.45, 7) is 1.37. The summed E-state index contributed by atoms with van der Waals surface area (Å²) in [5.74, 6) is 0.179. The third kappa shape index (κ3) is 5.90. The summed E-state index contributed by atoms with van der Waals surface area (Å²) >= 11 is 0.